The lowest BCUT2D eigenvalue weighted by Gasteiger charge is -2.34. The van der Waals surface area contributed by atoms with Crippen LogP contribution in [0.5, 0.6) is 0 Å². The van der Waals surface area contributed by atoms with Gasteiger partial charge >= 0.3 is 0 Å². The van der Waals surface area contributed by atoms with E-state index in [0.717, 1.165) is 23.7 Å². The topological polar surface area (TPSA) is 92.4 Å². The van der Waals surface area contributed by atoms with Gasteiger partial charge in [0, 0.05) is 43.8 Å². The summed E-state index contributed by atoms with van der Waals surface area (Å²) in [5, 5.41) is 3.94. The van der Waals surface area contributed by atoms with Gasteiger partial charge in [0.25, 0.3) is 11.8 Å². The number of carbonyl (C=O) groups excluding carboxylic acids is 2. The largest absolute Gasteiger partial charge is 0.387 e. The number of benzene rings is 1. The molecule has 1 aromatic carbocycles. The van der Waals surface area contributed by atoms with Crippen LogP contribution >= 0.6 is 11.5 Å². The Kier molecular flexibility index (Phi) is 4.38. The zero-order chi connectivity index (χ0) is 17.3. The summed E-state index contributed by atoms with van der Waals surface area (Å²) in [6, 6.07) is 2.82. The third-order valence-electron chi connectivity index (χ3n) is 3.73. The average molecular weight is 353 g/mol. The summed E-state index contributed by atoms with van der Waals surface area (Å²) in [5.41, 5.74) is 5.55. The van der Waals surface area contributed by atoms with Crippen LogP contribution in [-0.4, -0.2) is 57.4 Å². The minimum absolute atomic E-state index is 0.101. The lowest BCUT2D eigenvalue weighted by molar-refractivity contribution is 0.0530. The van der Waals surface area contributed by atoms with E-state index in [2.05, 4.69) is 9.59 Å². The molecule has 7 nitrogen and oxygen atoms in total. The van der Waals surface area contributed by atoms with Gasteiger partial charge in [-0.25, -0.2) is 8.78 Å². The maximum Gasteiger partial charge on any atom is 0.277 e. The van der Waals surface area contributed by atoms with Crippen molar-refractivity contribution in [3.05, 3.63) is 41.1 Å². The third-order valence-corrected chi connectivity index (χ3v) is 4.28. The molecule has 2 aromatic rings. The van der Waals surface area contributed by atoms with Crippen LogP contribution in [0.3, 0.4) is 0 Å². The molecule has 2 N–H and O–H groups in total. The lowest BCUT2D eigenvalue weighted by Crippen LogP contribution is -2.50. The normalized spacial score (nSPS) is 14.8. The number of halogens is 2. The van der Waals surface area contributed by atoms with Crippen molar-refractivity contribution < 1.29 is 18.4 Å². The van der Waals surface area contributed by atoms with Gasteiger partial charge < -0.3 is 15.5 Å². The number of nitrogen functional groups attached to an aromatic ring is 1. The first-order valence-corrected chi connectivity index (χ1v) is 7.86. The molecule has 1 fully saturated rings. The van der Waals surface area contributed by atoms with Gasteiger partial charge in [0.1, 0.15) is 16.6 Å². The highest BCUT2D eigenvalue weighted by Crippen LogP contribution is 2.18. The number of piperazine rings is 1. The summed E-state index contributed by atoms with van der Waals surface area (Å²) in [7, 11) is 0. The standard InChI is InChI=1S/C14H13F2N5O2S/c15-8-1-2-9(10(16)7-8)13(22)20-3-5-21(6-4-20)14(23)11-12(17)24-19-18-11/h1-2,7H,3-6,17H2. The second kappa shape index (κ2) is 6.48. The van der Waals surface area contributed by atoms with Crippen molar-refractivity contribution in [2.75, 3.05) is 31.9 Å². The van der Waals surface area contributed by atoms with Gasteiger partial charge in [0.05, 0.1) is 5.56 Å². The second-order valence-corrected chi connectivity index (χ2v) is 5.98. The van der Waals surface area contributed by atoms with Crippen LogP contribution in [0.2, 0.25) is 0 Å². The molecule has 2 amide bonds. The molecule has 1 saturated heterocycles. The van der Waals surface area contributed by atoms with E-state index in [1.54, 1.807) is 0 Å². The fourth-order valence-corrected chi connectivity index (χ4v) is 2.87. The molecule has 1 aliphatic heterocycles. The minimum atomic E-state index is -0.903. The van der Waals surface area contributed by atoms with Crippen molar-refractivity contribution in [2.45, 2.75) is 0 Å². The Morgan fingerprint density at radius 3 is 2.25 bits per heavy atom. The maximum absolute atomic E-state index is 13.7. The van der Waals surface area contributed by atoms with Crippen LogP contribution in [0, 0.1) is 11.6 Å². The molecule has 0 spiro atoms. The average Bonchev–Trinajstić information content (AvgIpc) is 3.00. The summed E-state index contributed by atoms with van der Waals surface area (Å²) in [6.07, 6.45) is 0. The molecule has 0 atom stereocenters. The molecule has 126 valence electrons. The molecular weight excluding hydrogens is 340 g/mol. The van der Waals surface area contributed by atoms with Crippen LogP contribution in [0.25, 0.3) is 0 Å². The molecule has 0 unspecified atom stereocenters. The van der Waals surface area contributed by atoms with Gasteiger partial charge in [-0.05, 0) is 12.1 Å². The smallest absolute Gasteiger partial charge is 0.277 e. The number of aromatic nitrogens is 2. The number of amides is 2. The molecule has 3 rings (SSSR count). The fourth-order valence-electron chi connectivity index (χ4n) is 2.44. The minimum Gasteiger partial charge on any atom is -0.387 e. The highest BCUT2D eigenvalue weighted by atomic mass is 32.1. The fraction of sp³-hybridized carbons (Fsp3) is 0.286. The van der Waals surface area contributed by atoms with Gasteiger partial charge in [0.2, 0.25) is 0 Å². The first-order chi connectivity index (χ1) is 11.5. The van der Waals surface area contributed by atoms with Crippen molar-refractivity contribution in [3.63, 3.8) is 0 Å². The first-order valence-electron chi connectivity index (χ1n) is 7.09. The van der Waals surface area contributed by atoms with E-state index in [-0.39, 0.29) is 48.3 Å². The van der Waals surface area contributed by atoms with Crippen LogP contribution in [0.4, 0.5) is 13.8 Å². The summed E-state index contributed by atoms with van der Waals surface area (Å²) < 4.78 is 30.3. The number of nitrogens with two attached hydrogens (primary N) is 1. The van der Waals surface area contributed by atoms with Gasteiger partial charge in [-0.3, -0.25) is 9.59 Å². The van der Waals surface area contributed by atoms with Crippen molar-refractivity contribution in [2.24, 2.45) is 0 Å². The van der Waals surface area contributed by atoms with E-state index >= 15 is 0 Å². The molecule has 0 saturated carbocycles. The van der Waals surface area contributed by atoms with Crippen molar-refractivity contribution in [3.8, 4) is 0 Å². The molecule has 2 heterocycles. The number of hydrogen-bond donors (Lipinski definition) is 1. The molecule has 10 heteroatoms. The van der Waals surface area contributed by atoms with Gasteiger partial charge in [-0.2, -0.15) is 0 Å². The Morgan fingerprint density at radius 1 is 1.08 bits per heavy atom. The predicted molar refractivity (Wildman–Crippen MR) is 82.5 cm³/mol. The van der Waals surface area contributed by atoms with Gasteiger partial charge in [-0.1, -0.05) is 4.49 Å². The molecule has 0 bridgehead atoms. The lowest BCUT2D eigenvalue weighted by atomic mass is 10.1. The summed E-state index contributed by atoms with van der Waals surface area (Å²) >= 11 is 0.935. The van der Waals surface area contributed by atoms with Crippen LogP contribution in [0.15, 0.2) is 18.2 Å². The van der Waals surface area contributed by atoms with Gasteiger partial charge in [-0.15, -0.1) is 5.10 Å². The van der Waals surface area contributed by atoms with E-state index in [0.29, 0.717) is 6.07 Å². The van der Waals surface area contributed by atoms with E-state index in [9.17, 15) is 18.4 Å². The predicted octanol–water partition coefficient (Wildman–Crippen LogP) is 0.997. The van der Waals surface area contributed by atoms with Crippen molar-refractivity contribution >= 4 is 28.3 Å². The zero-order valence-electron chi connectivity index (χ0n) is 12.4. The highest BCUT2D eigenvalue weighted by Gasteiger charge is 2.28. The molecule has 1 aliphatic rings. The van der Waals surface area contributed by atoms with Crippen molar-refractivity contribution in [1.29, 1.82) is 0 Å². The zero-order valence-corrected chi connectivity index (χ0v) is 13.2. The first kappa shape index (κ1) is 16.2. The maximum atomic E-state index is 13.7. The van der Waals surface area contributed by atoms with Crippen molar-refractivity contribution in [1.82, 2.24) is 19.4 Å². The SMILES string of the molecule is Nc1snnc1C(=O)N1CCN(C(=O)c2ccc(F)cc2F)CC1. The quantitative estimate of drug-likeness (QED) is 0.869. The van der Waals surface area contributed by atoms with E-state index in [1.807, 2.05) is 0 Å². The number of carbonyl (C=O) groups is 2. The Bertz CT molecular complexity index is 789. The molecule has 24 heavy (non-hydrogen) atoms. The molecular formula is C14H13F2N5O2S. The number of hydrogen-bond acceptors (Lipinski definition) is 6. The highest BCUT2D eigenvalue weighted by molar-refractivity contribution is 7.10. The molecule has 0 aliphatic carbocycles. The Morgan fingerprint density at radius 2 is 1.71 bits per heavy atom. The number of rotatable bonds is 2. The molecule has 0 radical (unpaired) electrons. The van der Waals surface area contributed by atoms with Crippen LogP contribution in [-0.2, 0) is 0 Å². The van der Waals surface area contributed by atoms with Crippen LogP contribution < -0.4 is 5.73 Å². The van der Waals surface area contributed by atoms with E-state index in [1.165, 1.54) is 9.80 Å². The number of anilines is 1. The van der Waals surface area contributed by atoms with Gasteiger partial charge in [0.15, 0.2) is 5.69 Å². The Labute approximate surface area is 139 Å². The van der Waals surface area contributed by atoms with E-state index < -0.39 is 17.5 Å². The van der Waals surface area contributed by atoms with E-state index in [4.69, 9.17) is 5.73 Å². The second-order valence-electron chi connectivity index (χ2n) is 5.19. The summed E-state index contributed by atoms with van der Waals surface area (Å²) in [6.45, 7) is 1.01. The Balaban J connectivity index is 1.65. The number of nitrogens with zero attached hydrogens (tertiary/aromatic N) is 4. The third kappa shape index (κ3) is 3.04. The van der Waals surface area contributed by atoms with Crippen LogP contribution in [0.1, 0.15) is 20.8 Å². The monoisotopic (exact) mass is 353 g/mol. The Hall–Kier alpha value is -2.62. The molecule has 1 aromatic heterocycles. The summed E-state index contributed by atoms with van der Waals surface area (Å²) in [5.74, 6) is -2.52. The summed E-state index contributed by atoms with van der Waals surface area (Å²) in [4.78, 5) is 27.5.